The second-order valence-corrected chi connectivity index (χ2v) is 8.43. The monoisotopic (exact) mass is 466 g/mol. The first-order chi connectivity index (χ1) is 17.0. The Balaban J connectivity index is 1.38. The highest BCUT2D eigenvalue weighted by molar-refractivity contribution is 5.70. The second-order valence-electron chi connectivity index (χ2n) is 8.43. The van der Waals surface area contributed by atoms with Gasteiger partial charge in [0.05, 0.1) is 5.69 Å². The van der Waals surface area contributed by atoms with Crippen LogP contribution in [-0.4, -0.2) is 22.5 Å². The number of aromatic nitrogens is 1. The highest BCUT2D eigenvalue weighted by Crippen LogP contribution is 2.22. The van der Waals surface area contributed by atoms with Gasteiger partial charge < -0.3 is 14.1 Å². The molecule has 5 heteroatoms. The summed E-state index contributed by atoms with van der Waals surface area (Å²) >= 11 is 0. The van der Waals surface area contributed by atoms with E-state index < -0.39 is 0 Å². The Morgan fingerprint density at radius 3 is 2.51 bits per heavy atom. The van der Waals surface area contributed by atoms with Gasteiger partial charge in [-0.05, 0) is 62.2 Å². The van der Waals surface area contributed by atoms with Crippen LogP contribution in [0, 0.1) is 13.8 Å². The van der Waals surface area contributed by atoms with Crippen LogP contribution in [0.3, 0.4) is 0 Å². The first-order valence-electron chi connectivity index (χ1n) is 11.8. The van der Waals surface area contributed by atoms with Gasteiger partial charge in [-0.1, -0.05) is 66.2 Å². The van der Waals surface area contributed by atoms with Crippen LogP contribution in [-0.2, 0) is 13.0 Å². The SMILES string of the molecule is CCN(Cc1cccc(/C=C\Cc2nc(-c3ccccc3)oc2C)c1)C(=O)Oc1ccc(C)cc1. The molecule has 0 bridgehead atoms. The minimum Gasteiger partial charge on any atom is -0.441 e. The standard InChI is InChI=1S/C30H30N2O3/c1-4-32(30(33)35-27-18-16-22(2)17-19-27)21-25-12-8-10-24(20-25)11-9-15-28-23(3)34-29(31-28)26-13-6-5-7-14-26/h5-14,16-20H,4,15,21H2,1-3H3/b11-9-. The summed E-state index contributed by atoms with van der Waals surface area (Å²) in [4.78, 5) is 19.0. The van der Waals surface area contributed by atoms with Crippen LogP contribution in [0.25, 0.3) is 17.5 Å². The predicted molar refractivity (Wildman–Crippen MR) is 139 cm³/mol. The number of aryl methyl sites for hydroxylation is 2. The first kappa shape index (κ1) is 24.0. The molecule has 0 unspecified atom stereocenters. The highest BCUT2D eigenvalue weighted by Gasteiger charge is 2.15. The third-order valence-electron chi connectivity index (χ3n) is 5.73. The molecule has 35 heavy (non-hydrogen) atoms. The van der Waals surface area contributed by atoms with Crippen LogP contribution in [0.5, 0.6) is 5.75 Å². The highest BCUT2D eigenvalue weighted by atomic mass is 16.6. The van der Waals surface area contributed by atoms with Crippen molar-refractivity contribution in [1.29, 1.82) is 0 Å². The zero-order valence-electron chi connectivity index (χ0n) is 20.4. The molecule has 0 aliphatic carbocycles. The van der Waals surface area contributed by atoms with E-state index in [0.29, 0.717) is 31.2 Å². The fourth-order valence-electron chi connectivity index (χ4n) is 3.72. The molecule has 0 aliphatic heterocycles. The quantitative estimate of drug-likeness (QED) is 0.275. The Morgan fingerprint density at radius 2 is 1.77 bits per heavy atom. The number of rotatable bonds is 8. The smallest absolute Gasteiger partial charge is 0.415 e. The molecule has 0 spiro atoms. The summed E-state index contributed by atoms with van der Waals surface area (Å²) in [6.07, 6.45) is 4.48. The van der Waals surface area contributed by atoms with Crippen molar-refractivity contribution in [2.24, 2.45) is 0 Å². The summed E-state index contributed by atoms with van der Waals surface area (Å²) in [6, 6.07) is 25.5. The zero-order chi connectivity index (χ0) is 24.6. The van der Waals surface area contributed by atoms with Crippen molar-refractivity contribution in [2.45, 2.75) is 33.7 Å². The lowest BCUT2D eigenvalue weighted by Crippen LogP contribution is -2.32. The van der Waals surface area contributed by atoms with Crippen LogP contribution in [0.2, 0.25) is 0 Å². The van der Waals surface area contributed by atoms with Crippen molar-refractivity contribution >= 4 is 12.2 Å². The lowest BCUT2D eigenvalue weighted by Gasteiger charge is -2.20. The number of carbonyl (C=O) groups excluding carboxylic acids is 1. The third kappa shape index (κ3) is 6.48. The summed E-state index contributed by atoms with van der Waals surface area (Å²) < 4.78 is 11.4. The molecule has 0 saturated carbocycles. The van der Waals surface area contributed by atoms with Crippen molar-refractivity contribution in [3.63, 3.8) is 0 Å². The van der Waals surface area contributed by atoms with Crippen molar-refractivity contribution < 1.29 is 13.9 Å². The minimum atomic E-state index is -0.354. The number of oxazole rings is 1. The Kier molecular flexibility index (Phi) is 7.78. The molecule has 0 N–H and O–H groups in total. The van der Waals surface area contributed by atoms with Crippen molar-refractivity contribution in [2.75, 3.05) is 6.54 Å². The van der Waals surface area contributed by atoms with Crippen molar-refractivity contribution in [3.8, 4) is 17.2 Å². The van der Waals surface area contributed by atoms with Gasteiger partial charge in [0.15, 0.2) is 0 Å². The largest absolute Gasteiger partial charge is 0.441 e. The Labute approximate surface area is 206 Å². The van der Waals surface area contributed by atoms with E-state index >= 15 is 0 Å². The molecular formula is C30H30N2O3. The van der Waals surface area contributed by atoms with Crippen LogP contribution in [0.1, 0.15) is 35.1 Å². The molecule has 0 radical (unpaired) electrons. The van der Waals surface area contributed by atoms with Crippen LogP contribution >= 0.6 is 0 Å². The van der Waals surface area contributed by atoms with E-state index in [-0.39, 0.29) is 6.09 Å². The lowest BCUT2D eigenvalue weighted by molar-refractivity contribution is 0.152. The number of allylic oxidation sites excluding steroid dienone is 1. The van der Waals surface area contributed by atoms with E-state index in [1.807, 2.05) is 93.6 Å². The number of hydrogen-bond acceptors (Lipinski definition) is 4. The fourth-order valence-corrected chi connectivity index (χ4v) is 3.72. The maximum Gasteiger partial charge on any atom is 0.415 e. The number of ether oxygens (including phenoxy) is 1. The Hall–Kier alpha value is -4.12. The zero-order valence-corrected chi connectivity index (χ0v) is 20.4. The van der Waals surface area contributed by atoms with E-state index in [1.54, 1.807) is 4.90 Å². The van der Waals surface area contributed by atoms with E-state index in [1.165, 1.54) is 0 Å². The summed E-state index contributed by atoms with van der Waals surface area (Å²) in [5.74, 6) is 2.02. The van der Waals surface area contributed by atoms with Crippen LogP contribution < -0.4 is 4.74 Å². The van der Waals surface area contributed by atoms with Gasteiger partial charge in [0.1, 0.15) is 11.5 Å². The molecule has 1 heterocycles. The maximum atomic E-state index is 12.7. The fraction of sp³-hybridized carbons (Fsp3) is 0.200. The normalized spacial score (nSPS) is 11.1. The number of amides is 1. The molecule has 4 rings (SSSR count). The van der Waals surface area contributed by atoms with E-state index in [4.69, 9.17) is 9.15 Å². The van der Waals surface area contributed by atoms with E-state index in [0.717, 1.165) is 33.7 Å². The number of carbonyl (C=O) groups is 1. The van der Waals surface area contributed by atoms with Crippen LogP contribution in [0.4, 0.5) is 4.79 Å². The molecule has 0 aliphatic rings. The van der Waals surface area contributed by atoms with Gasteiger partial charge in [-0.15, -0.1) is 0 Å². The van der Waals surface area contributed by atoms with Gasteiger partial charge in [-0.3, -0.25) is 0 Å². The molecule has 4 aromatic rings. The average molecular weight is 467 g/mol. The van der Waals surface area contributed by atoms with Crippen molar-refractivity contribution in [3.05, 3.63) is 113 Å². The first-order valence-corrected chi connectivity index (χ1v) is 11.8. The Morgan fingerprint density at radius 1 is 1.00 bits per heavy atom. The molecule has 1 amide bonds. The average Bonchev–Trinajstić information content (AvgIpc) is 3.25. The van der Waals surface area contributed by atoms with Gasteiger partial charge in [0, 0.05) is 25.1 Å². The second kappa shape index (κ2) is 11.3. The summed E-state index contributed by atoms with van der Waals surface area (Å²) in [5, 5.41) is 0. The number of nitrogens with zero attached hydrogens (tertiary/aromatic N) is 2. The molecule has 0 atom stereocenters. The molecule has 5 nitrogen and oxygen atoms in total. The molecule has 1 aromatic heterocycles. The number of hydrogen-bond donors (Lipinski definition) is 0. The van der Waals surface area contributed by atoms with Gasteiger partial charge in [-0.2, -0.15) is 0 Å². The van der Waals surface area contributed by atoms with Gasteiger partial charge in [0.2, 0.25) is 5.89 Å². The predicted octanol–water partition coefficient (Wildman–Crippen LogP) is 7.24. The Bertz CT molecular complexity index is 1290. The van der Waals surface area contributed by atoms with Gasteiger partial charge in [-0.25, -0.2) is 9.78 Å². The third-order valence-corrected chi connectivity index (χ3v) is 5.73. The van der Waals surface area contributed by atoms with Gasteiger partial charge >= 0.3 is 6.09 Å². The van der Waals surface area contributed by atoms with Crippen LogP contribution in [0.15, 0.2) is 89.4 Å². The minimum absolute atomic E-state index is 0.354. The molecular weight excluding hydrogens is 436 g/mol. The maximum absolute atomic E-state index is 12.7. The summed E-state index contributed by atoms with van der Waals surface area (Å²) in [5.41, 5.74) is 5.12. The van der Waals surface area contributed by atoms with E-state index in [9.17, 15) is 4.79 Å². The summed E-state index contributed by atoms with van der Waals surface area (Å²) in [7, 11) is 0. The van der Waals surface area contributed by atoms with Crippen molar-refractivity contribution in [1.82, 2.24) is 9.88 Å². The van der Waals surface area contributed by atoms with Gasteiger partial charge in [0.25, 0.3) is 0 Å². The van der Waals surface area contributed by atoms with E-state index in [2.05, 4.69) is 23.2 Å². The molecule has 3 aromatic carbocycles. The summed E-state index contributed by atoms with van der Waals surface area (Å²) in [6.45, 7) is 6.92. The lowest BCUT2D eigenvalue weighted by atomic mass is 10.1. The topological polar surface area (TPSA) is 55.6 Å². The molecule has 0 saturated heterocycles. The number of benzene rings is 3. The molecule has 178 valence electrons. The molecule has 0 fully saturated rings.